The second-order valence-electron chi connectivity index (χ2n) is 5.61. The van der Waals surface area contributed by atoms with Gasteiger partial charge in [-0.1, -0.05) is 30.3 Å². The molecule has 0 radical (unpaired) electrons. The van der Waals surface area contributed by atoms with E-state index in [1.165, 1.54) is 16.9 Å². The minimum absolute atomic E-state index is 0.0257. The number of benzene rings is 1. The molecule has 23 heavy (non-hydrogen) atoms. The van der Waals surface area contributed by atoms with E-state index in [0.717, 1.165) is 5.56 Å². The first-order chi connectivity index (χ1) is 11.0. The van der Waals surface area contributed by atoms with E-state index in [1.54, 1.807) is 4.90 Å². The number of nitro groups is 1. The lowest BCUT2D eigenvalue weighted by Gasteiger charge is -2.15. The van der Waals surface area contributed by atoms with Crippen LogP contribution in [0.5, 0.6) is 0 Å². The first-order valence-electron chi connectivity index (χ1n) is 7.31. The normalized spacial score (nSPS) is 20.7. The van der Waals surface area contributed by atoms with Crippen LogP contribution in [0.2, 0.25) is 0 Å². The molecule has 120 valence electrons. The van der Waals surface area contributed by atoms with Gasteiger partial charge in [-0.2, -0.15) is 4.68 Å². The second-order valence-corrected chi connectivity index (χ2v) is 5.61. The summed E-state index contributed by atoms with van der Waals surface area (Å²) in [4.78, 5) is 24.1. The molecular weight excluding hydrogens is 298 g/mol. The molecule has 1 saturated heterocycles. The van der Waals surface area contributed by atoms with Crippen molar-refractivity contribution in [1.29, 1.82) is 0 Å². The van der Waals surface area contributed by atoms with Gasteiger partial charge in [0, 0.05) is 25.0 Å². The third-order valence-electron chi connectivity index (χ3n) is 4.06. The van der Waals surface area contributed by atoms with E-state index in [-0.39, 0.29) is 30.2 Å². The van der Waals surface area contributed by atoms with Crippen LogP contribution in [-0.4, -0.2) is 44.6 Å². The second kappa shape index (κ2) is 6.17. The summed E-state index contributed by atoms with van der Waals surface area (Å²) >= 11 is 0. The van der Waals surface area contributed by atoms with Gasteiger partial charge in [-0.05, 0) is 10.5 Å². The molecule has 2 aromatic rings. The zero-order valence-electron chi connectivity index (χ0n) is 12.4. The van der Waals surface area contributed by atoms with Crippen LogP contribution in [0, 0.1) is 10.1 Å². The molecule has 0 saturated carbocycles. The number of nitrogens with zero attached hydrogens (tertiary/aromatic N) is 4. The lowest BCUT2D eigenvalue weighted by atomic mass is 9.95. The van der Waals surface area contributed by atoms with Gasteiger partial charge in [0.1, 0.15) is 6.54 Å². The quantitative estimate of drug-likeness (QED) is 0.661. The van der Waals surface area contributed by atoms with Crippen LogP contribution in [0.1, 0.15) is 11.5 Å². The largest absolute Gasteiger partial charge is 0.389 e. The van der Waals surface area contributed by atoms with E-state index < -0.39 is 4.92 Å². The van der Waals surface area contributed by atoms with Gasteiger partial charge in [-0.15, -0.1) is 0 Å². The molecule has 2 N–H and O–H groups in total. The maximum Gasteiger partial charge on any atom is 0.389 e. The van der Waals surface area contributed by atoms with Gasteiger partial charge in [-0.3, -0.25) is 4.79 Å². The van der Waals surface area contributed by atoms with Crippen molar-refractivity contribution in [3.63, 3.8) is 0 Å². The van der Waals surface area contributed by atoms with Gasteiger partial charge in [0.25, 0.3) is 0 Å². The maximum absolute atomic E-state index is 12.4. The average Bonchev–Trinajstić information content (AvgIpc) is 3.15. The van der Waals surface area contributed by atoms with Crippen LogP contribution in [0.4, 0.5) is 5.82 Å². The van der Waals surface area contributed by atoms with Gasteiger partial charge in [0.05, 0.1) is 17.4 Å². The molecule has 1 aliphatic rings. The summed E-state index contributed by atoms with van der Waals surface area (Å²) in [6.07, 6.45) is 1.43. The Bertz CT molecular complexity index is 715. The lowest BCUT2D eigenvalue weighted by molar-refractivity contribution is -0.389. The van der Waals surface area contributed by atoms with Crippen LogP contribution >= 0.6 is 0 Å². The van der Waals surface area contributed by atoms with E-state index in [0.29, 0.717) is 13.1 Å². The SMILES string of the molecule is N[C@@H]1CN(C(=O)Cn2ccc([N+](=O)[O-])n2)C[C@H]1c1ccccc1. The van der Waals surface area contributed by atoms with E-state index in [9.17, 15) is 14.9 Å². The molecule has 0 aliphatic carbocycles. The highest BCUT2D eigenvalue weighted by atomic mass is 16.6. The van der Waals surface area contributed by atoms with Crippen molar-refractivity contribution in [2.45, 2.75) is 18.5 Å². The van der Waals surface area contributed by atoms with Crippen LogP contribution in [0.3, 0.4) is 0 Å². The summed E-state index contributed by atoms with van der Waals surface area (Å²) in [6, 6.07) is 11.0. The standard InChI is InChI=1S/C15H17N5O3/c16-13-9-18(8-12(13)11-4-2-1-3-5-11)15(21)10-19-7-6-14(17-19)20(22)23/h1-7,12-13H,8-10,16H2/t12-,13+/m0/s1. The Balaban J connectivity index is 1.65. The Labute approximate surface area is 132 Å². The predicted octanol–water partition coefficient (Wildman–Crippen LogP) is 0.745. The molecule has 8 nitrogen and oxygen atoms in total. The third-order valence-corrected chi connectivity index (χ3v) is 4.06. The van der Waals surface area contributed by atoms with Crippen molar-refractivity contribution in [3.05, 3.63) is 58.3 Å². The first-order valence-corrected chi connectivity index (χ1v) is 7.31. The number of carbonyl (C=O) groups excluding carboxylic acids is 1. The van der Waals surface area contributed by atoms with Crippen LogP contribution in [0.25, 0.3) is 0 Å². The highest BCUT2D eigenvalue weighted by molar-refractivity contribution is 5.76. The molecular formula is C15H17N5O3. The maximum atomic E-state index is 12.4. The van der Waals surface area contributed by atoms with Gasteiger partial charge in [0.2, 0.25) is 5.91 Å². The summed E-state index contributed by atoms with van der Waals surface area (Å²) in [5, 5.41) is 14.4. The minimum Gasteiger partial charge on any atom is -0.358 e. The fourth-order valence-electron chi connectivity index (χ4n) is 2.86. The fourth-order valence-corrected chi connectivity index (χ4v) is 2.86. The van der Waals surface area contributed by atoms with Crippen molar-refractivity contribution < 1.29 is 9.72 Å². The van der Waals surface area contributed by atoms with E-state index in [1.807, 2.05) is 30.3 Å². The molecule has 0 spiro atoms. The topological polar surface area (TPSA) is 107 Å². The molecule has 1 aliphatic heterocycles. The zero-order valence-corrected chi connectivity index (χ0v) is 12.4. The number of carbonyl (C=O) groups is 1. The van der Waals surface area contributed by atoms with E-state index in [4.69, 9.17) is 5.73 Å². The Kier molecular flexibility index (Phi) is 4.07. The molecule has 1 amide bonds. The van der Waals surface area contributed by atoms with Crippen LogP contribution in [-0.2, 0) is 11.3 Å². The first kappa shape index (κ1) is 15.2. The van der Waals surface area contributed by atoms with Crippen molar-refractivity contribution in [2.75, 3.05) is 13.1 Å². The van der Waals surface area contributed by atoms with Gasteiger partial charge >= 0.3 is 5.82 Å². The number of rotatable bonds is 4. The van der Waals surface area contributed by atoms with Crippen molar-refractivity contribution in [3.8, 4) is 0 Å². The lowest BCUT2D eigenvalue weighted by Crippen LogP contribution is -2.34. The summed E-state index contributed by atoms with van der Waals surface area (Å²) in [5.41, 5.74) is 7.29. The fraction of sp³-hybridized carbons (Fsp3) is 0.333. The predicted molar refractivity (Wildman–Crippen MR) is 82.6 cm³/mol. The highest BCUT2D eigenvalue weighted by Crippen LogP contribution is 2.26. The van der Waals surface area contributed by atoms with Crippen LogP contribution < -0.4 is 5.73 Å². The number of hydrogen-bond acceptors (Lipinski definition) is 5. The summed E-state index contributed by atoms with van der Waals surface area (Å²) in [6.45, 7) is 0.997. The number of likely N-dealkylation sites (tertiary alicyclic amines) is 1. The molecule has 2 heterocycles. The van der Waals surface area contributed by atoms with Crippen molar-refractivity contribution >= 4 is 11.7 Å². The Morgan fingerprint density at radius 3 is 2.70 bits per heavy atom. The monoisotopic (exact) mass is 315 g/mol. The number of nitrogens with two attached hydrogens (primary N) is 1. The van der Waals surface area contributed by atoms with Crippen molar-refractivity contribution in [2.24, 2.45) is 5.73 Å². The number of aromatic nitrogens is 2. The highest BCUT2D eigenvalue weighted by Gasteiger charge is 2.34. The molecule has 1 aromatic carbocycles. The average molecular weight is 315 g/mol. The van der Waals surface area contributed by atoms with Gasteiger partial charge in [0.15, 0.2) is 0 Å². The molecule has 8 heteroatoms. The third kappa shape index (κ3) is 3.21. The van der Waals surface area contributed by atoms with E-state index >= 15 is 0 Å². The Hall–Kier alpha value is -2.74. The molecule has 3 rings (SSSR count). The minimum atomic E-state index is -0.585. The summed E-state index contributed by atoms with van der Waals surface area (Å²) in [7, 11) is 0. The Morgan fingerprint density at radius 2 is 2.04 bits per heavy atom. The smallest absolute Gasteiger partial charge is 0.358 e. The Morgan fingerprint density at radius 1 is 1.30 bits per heavy atom. The van der Waals surface area contributed by atoms with E-state index in [2.05, 4.69) is 5.10 Å². The van der Waals surface area contributed by atoms with Gasteiger partial charge < -0.3 is 20.7 Å². The molecule has 0 bridgehead atoms. The molecule has 1 aromatic heterocycles. The van der Waals surface area contributed by atoms with Crippen LogP contribution in [0.15, 0.2) is 42.6 Å². The molecule has 0 unspecified atom stereocenters. The summed E-state index contributed by atoms with van der Waals surface area (Å²) in [5.74, 6) is -0.304. The van der Waals surface area contributed by atoms with Gasteiger partial charge in [-0.25, -0.2) is 0 Å². The molecule has 1 fully saturated rings. The number of hydrogen-bond donors (Lipinski definition) is 1. The molecule has 2 atom stereocenters. The van der Waals surface area contributed by atoms with Crippen molar-refractivity contribution in [1.82, 2.24) is 14.7 Å². The zero-order chi connectivity index (χ0) is 16.4. The summed E-state index contributed by atoms with van der Waals surface area (Å²) < 4.78 is 1.28. The number of amides is 1.